The molecule has 0 bridgehead atoms. The maximum atomic E-state index is 12.2. The Labute approximate surface area is 166 Å². The number of ether oxygens (including phenoxy) is 1. The summed E-state index contributed by atoms with van der Waals surface area (Å²) in [6.45, 7) is 5.02. The van der Waals surface area contributed by atoms with Crippen molar-refractivity contribution in [3.8, 4) is 5.75 Å². The first-order valence-electron chi connectivity index (χ1n) is 9.46. The van der Waals surface area contributed by atoms with Crippen LogP contribution in [0.4, 0.5) is 0 Å². The number of carbonyl (C=O) groups is 1. The minimum Gasteiger partial charge on any atom is -0.497 e. The number of amides is 1. The summed E-state index contributed by atoms with van der Waals surface area (Å²) in [6.07, 6.45) is 2.01. The Kier molecular flexibility index (Phi) is 7.18. The van der Waals surface area contributed by atoms with Crippen molar-refractivity contribution < 1.29 is 9.53 Å². The van der Waals surface area contributed by atoms with Gasteiger partial charge in [0, 0.05) is 30.6 Å². The first kappa shape index (κ1) is 19.8. The molecule has 0 radical (unpaired) electrons. The predicted molar refractivity (Wildman–Crippen MR) is 111 cm³/mol. The number of piperidine rings is 1. The van der Waals surface area contributed by atoms with Crippen molar-refractivity contribution >= 4 is 17.7 Å². The van der Waals surface area contributed by atoms with Gasteiger partial charge in [-0.2, -0.15) is 0 Å². The van der Waals surface area contributed by atoms with Gasteiger partial charge in [-0.15, -0.1) is 11.8 Å². The molecule has 2 aromatic carbocycles. The molecule has 144 valence electrons. The lowest BCUT2D eigenvalue weighted by Gasteiger charge is -2.32. The van der Waals surface area contributed by atoms with Crippen molar-refractivity contribution in [3.05, 3.63) is 59.7 Å². The van der Waals surface area contributed by atoms with E-state index in [0.29, 0.717) is 5.75 Å². The zero-order valence-electron chi connectivity index (χ0n) is 16.1. The Bertz CT molecular complexity index is 740. The summed E-state index contributed by atoms with van der Waals surface area (Å²) in [4.78, 5) is 15.8. The maximum Gasteiger partial charge on any atom is 0.230 e. The molecule has 5 heteroatoms. The van der Waals surface area contributed by atoms with Crippen LogP contribution in [0.3, 0.4) is 0 Å². The largest absolute Gasteiger partial charge is 0.497 e. The Hall–Kier alpha value is -1.98. The van der Waals surface area contributed by atoms with E-state index in [9.17, 15) is 4.79 Å². The lowest BCUT2D eigenvalue weighted by molar-refractivity contribution is -0.119. The van der Waals surface area contributed by atoms with E-state index in [2.05, 4.69) is 53.5 Å². The molecule has 1 amide bonds. The van der Waals surface area contributed by atoms with Gasteiger partial charge >= 0.3 is 0 Å². The molecule has 0 saturated carbocycles. The van der Waals surface area contributed by atoms with Crippen molar-refractivity contribution in [1.82, 2.24) is 10.2 Å². The van der Waals surface area contributed by atoms with Crippen LogP contribution in [0.25, 0.3) is 0 Å². The topological polar surface area (TPSA) is 41.6 Å². The summed E-state index contributed by atoms with van der Waals surface area (Å²) in [5, 5.41) is 3.20. The van der Waals surface area contributed by atoms with E-state index < -0.39 is 0 Å². The number of nitrogens with one attached hydrogen (secondary N) is 1. The predicted octanol–water partition coefficient (Wildman–Crippen LogP) is 3.88. The summed E-state index contributed by atoms with van der Waals surface area (Å²) < 4.78 is 5.30. The summed E-state index contributed by atoms with van der Waals surface area (Å²) in [6, 6.07) is 16.8. The lowest BCUT2D eigenvalue weighted by atomic mass is 10.0. The van der Waals surface area contributed by atoms with Crippen LogP contribution in [0, 0.1) is 6.92 Å². The summed E-state index contributed by atoms with van der Waals surface area (Å²) in [7, 11) is 1.70. The first-order chi connectivity index (χ1) is 13.1. The van der Waals surface area contributed by atoms with Crippen LogP contribution in [0.2, 0.25) is 0 Å². The number of carbonyl (C=O) groups excluding carboxylic acids is 1. The van der Waals surface area contributed by atoms with Gasteiger partial charge in [-0.25, -0.2) is 0 Å². The third-order valence-corrected chi connectivity index (χ3v) is 5.90. The number of hydrogen-bond donors (Lipinski definition) is 1. The van der Waals surface area contributed by atoms with Crippen LogP contribution in [0.1, 0.15) is 24.0 Å². The molecule has 1 heterocycles. The lowest BCUT2D eigenvalue weighted by Crippen LogP contribution is -2.44. The van der Waals surface area contributed by atoms with E-state index >= 15 is 0 Å². The molecule has 4 nitrogen and oxygen atoms in total. The monoisotopic (exact) mass is 384 g/mol. The van der Waals surface area contributed by atoms with Crippen molar-refractivity contribution in [2.45, 2.75) is 37.2 Å². The molecule has 1 N–H and O–H groups in total. The minimum absolute atomic E-state index is 0.131. The van der Waals surface area contributed by atoms with E-state index in [4.69, 9.17) is 4.74 Å². The molecule has 2 aromatic rings. The Morgan fingerprint density at radius 3 is 2.63 bits per heavy atom. The van der Waals surface area contributed by atoms with E-state index in [1.54, 1.807) is 18.9 Å². The second-order valence-electron chi connectivity index (χ2n) is 7.07. The third kappa shape index (κ3) is 6.29. The molecule has 1 fully saturated rings. The minimum atomic E-state index is 0.131. The highest BCUT2D eigenvalue weighted by atomic mass is 32.2. The molecule has 0 spiro atoms. The fourth-order valence-electron chi connectivity index (χ4n) is 3.32. The molecule has 1 aliphatic rings. The van der Waals surface area contributed by atoms with E-state index in [1.165, 1.54) is 11.1 Å². The van der Waals surface area contributed by atoms with Crippen LogP contribution in [-0.2, 0) is 11.3 Å². The highest BCUT2D eigenvalue weighted by molar-refractivity contribution is 8.00. The fraction of sp³-hybridized carbons (Fsp3) is 0.409. The molecule has 0 aliphatic carbocycles. The molecule has 0 aromatic heterocycles. The van der Waals surface area contributed by atoms with Gasteiger partial charge in [-0.05, 0) is 49.6 Å². The van der Waals surface area contributed by atoms with Crippen molar-refractivity contribution in [2.24, 2.45) is 0 Å². The molecule has 27 heavy (non-hydrogen) atoms. The zero-order chi connectivity index (χ0) is 19.1. The maximum absolute atomic E-state index is 12.2. The Balaban J connectivity index is 1.38. The molecule has 3 rings (SSSR count). The quantitative estimate of drug-likeness (QED) is 0.736. The van der Waals surface area contributed by atoms with Gasteiger partial charge in [0.2, 0.25) is 5.91 Å². The number of likely N-dealkylation sites (tertiary alicyclic amines) is 1. The molecule has 1 saturated heterocycles. The molecule has 1 aliphatic heterocycles. The van der Waals surface area contributed by atoms with E-state index in [-0.39, 0.29) is 11.9 Å². The number of nitrogens with zero attached hydrogens (tertiary/aromatic N) is 1. The van der Waals surface area contributed by atoms with Crippen molar-refractivity contribution in [3.63, 3.8) is 0 Å². The standard InChI is InChI=1S/C22H28N2O2S/c1-17-6-8-21(9-7-17)27-16-22(25)23-19-10-12-24(13-11-19)15-18-4-3-5-20(14-18)26-2/h3-9,14,19H,10-13,15-16H2,1-2H3,(H,23,25). The summed E-state index contributed by atoms with van der Waals surface area (Å²) in [5.41, 5.74) is 2.51. The second-order valence-corrected chi connectivity index (χ2v) is 8.12. The molecule has 0 unspecified atom stereocenters. The van der Waals surface area contributed by atoms with Gasteiger partial charge in [0.1, 0.15) is 5.75 Å². The van der Waals surface area contributed by atoms with E-state index in [0.717, 1.165) is 43.1 Å². The van der Waals surface area contributed by atoms with Crippen LogP contribution >= 0.6 is 11.8 Å². The number of benzene rings is 2. The van der Waals surface area contributed by atoms with Crippen LogP contribution in [0.5, 0.6) is 5.75 Å². The highest BCUT2D eigenvalue weighted by Crippen LogP contribution is 2.19. The normalized spacial score (nSPS) is 15.5. The van der Waals surface area contributed by atoms with Gasteiger partial charge in [-0.3, -0.25) is 9.69 Å². The first-order valence-corrected chi connectivity index (χ1v) is 10.4. The number of thioether (sulfide) groups is 1. The van der Waals surface area contributed by atoms with Crippen LogP contribution in [0.15, 0.2) is 53.4 Å². The number of hydrogen-bond acceptors (Lipinski definition) is 4. The average Bonchev–Trinajstić information content (AvgIpc) is 2.69. The molecule has 0 atom stereocenters. The van der Waals surface area contributed by atoms with Crippen molar-refractivity contribution in [1.29, 1.82) is 0 Å². The third-order valence-electron chi connectivity index (χ3n) is 4.88. The van der Waals surface area contributed by atoms with Crippen molar-refractivity contribution in [2.75, 3.05) is 26.0 Å². The van der Waals surface area contributed by atoms with Crippen LogP contribution in [-0.4, -0.2) is 42.8 Å². The van der Waals surface area contributed by atoms with Gasteiger partial charge in [0.05, 0.1) is 12.9 Å². The number of rotatable bonds is 7. The van der Waals surface area contributed by atoms with Gasteiger partial charge < -0.3 is 10.1 Å². The SMILES string of the molecule is COc1cccc(CN2CCC(NC(=O)CSc3ccc(C)cc3)CC2)c1. The number of aryl methyl sites for hydroxylation is 1. The highest BCUT2D eigenvalue weighted by Gasteiger charge is 2.20. The fourth-order valence-corrected chi connectivity index (χ4v) is 4.03. The Morgan fingerprint density at radius 1 is 1.19 bits per heavy atom. The smallest absolute Gasteiger partial charge is 0.230 e. The Morgan fingerprint density at radius 2 is 1.93 bits per heavy atom. The molecular weight excluding hydrogens is 356 g/mol. The summed E-state index contributed by atoms with van der Waals surface area (Å²) in [5.74, 6) is 1.51. The molecular formula is C22H28N2O2S. The van der Waals surface area contributed by atoms with Gasteiger partial charge in [0.15, 0.2) is 0 Å². The summed E-state index contributed by atoms with van der Waals surface area (Å²) >= 11 is 1.60. The average molecular weight is 385 g/mol. The zero-order valence-corrected chi connectivity index (χ0v) is 16.9. The van der Waals surface area contributed by atoms with Gasteiger partial charge in [0.25, 0.3) is 0 Å². The van der Waals surface area contributed by atoms with Crippen LogP contribution < -0.4 is 10.1 Å². The second kappa shape index (κ2) is 9.81. The van der Waals surface area contributed by atoms with E-state index in [1.807, 2.05) is 12.1 Å². The number of methoxy groups -OCH3 is 1. The van der Waals surface area contributed by atoms with Gasteiger partial charge in [-0.1, -0.05) is 29.8 Å².